The lowest BCUT2D eigenvalue weighted by molar-refractivity contribution is 0.0697. The molecular weight excluding hydrogens is 466 g/mol. The van der Waals surface area contributed by atoms with Gasteiger partial charge in [0, 0.05) is 16.5 Å². The highest BCUT2D eigenvalue weighted by Crippen LogP contribution is 2.37. The van der Waals surface area contributed by atoms with Crippen LogP contribution < -0.4 is 0 Å². The summed E-state index contributed by atoms with van der Waals surface area (Å²) in [5.41, 5.74) is 9.93. The van der Waals surface area contributed by atoms with Crippen LogP contribution in [0.15, 0.2) is 122 Å². The topological polar surface area (TPSA) is 42.2 Å². The van der Waals surface area contributed by atoms with Gasteiger partial charge in [0.25, 0.3) is 0 Å². The molecule has 1 aromatic heterocycles. The van der Waals surface area contributed by atoms with Crippen LogP contribution in [0.4, 0.5) is 0 Å². The Morgan fingerprint density at radius 2 is 1.00 bits per heavy atom. The molecule has 0 aliphatic carbocycles. The second-order valence-corrected chi connectivity index (χ2v) is 9.30. The molecule has 0 amide bonds. The van der Waals surface area contributed by atoms with Crippen molar-refractivity contribution in [2.45, 2.75) is 0 Å². The van der Waals surface area contributed by atoms with Gasteiger partial charge in [-0.05, 0) is 69.8 Å². The van der Waals surface area contributed by atoms with Crippen molar-refractivity contribution < 1.29 is 9.90 Å². The molecule has 0 saturated carbocycles. The minimum atomic E-state index is -0.936. The molecule has 0 aliphatic rings. The fourth-order valence-electron chi connectivity index (χ4n) is 5.03. The molecule has 182 valence electrons. The molecular formula is C35H25NO2. The lowest BCUT2D eigenvalue weighted by Gasteiger charge is -2.11. The van der Waals surface area contributed by atoms with Crippen molar-refractivity contribution in [1.82, 2.24) is 4.57 Å². The van der Waals surface area contributed by atoms with E-state index in [1.54, 1.807) is 12.1 Å². The Labute approximate surface area is 221 Å². The average Bonchev–Trinajstić information content (AvgIpc) is 3.30. The van der Waals surface area contributed by atoms with Crippen LogP contribution in [-0.2, 0) is 0 Å². The zero-order valence-corrected chi connectivity index (χ0v) is 20.8. The van der Waals surface area contributed by atoms with Gasteiger partial charge in [-0.3, -0.25) is 0 Å². The lowest BCUT2D eigenvalue weighted by atomic mass is 10.0. The Balaban J connectivity index is 1.60. The maximum Gasteiger partial charge on any atom is 0.335 e. The first-order chi connectivity index (χ1) is 18.6. The SMILES string of the molecule is C=Cc1ccc(-c2ccc3c4ccc(-c5ccc(C=C)cc5)cc4n(-c4ccc(C(=O)O)cc4)c3c2)cc1. The molecule has 1 N–H and O–H groups in total. The third-order valence-electron chi connectivity index (χ3n) is 7.10. The summed E-state index contributed by atoms with van der Waals surface area (Å²) in [6, 6.07) is 36.9. The molecule has 0 bridgehead atoms. The summed E-state index contributed by atoms with van der Waals surface area (Å²) in [5, 5.41) is 11.7. The molecule has 0 radical (unpaired) electrons. The number of fused-ring (bicyclic) bond motifs is 3. The minimum absolute atomic E-state index is 0.264. The Morgan fingerprint density at radius 3 is 1.39 bits per heavy atom. The number of benzene rings is 5. The van der Waals surface area contributed by atoms with E-state index in [1.807, 2.05) is 24.3 Å². The van der Waals surface area contributed by atoms with E-state index in [2.05, 4.69) is 103 Å². The van der Waals surface area contributed by atoms with Crippen LogP contribution in [0.5, 0.6) is 0 Å². The zero-order valence-electron chi connectivity index (χ0n) is 20.8. The predicted molar refractivity (Wildman–Crippen MR) is 159 cm³/mol. The number of aromatic nitrogens is 1. The zero-order chi connectivity index (χ0) is 26.2. The lowest BCUT2D eigenvalue weighted by Crippen LogP contribution is -1.98. The van der Waals surface area contributed by atoms with E-state index in [0.717, 1.165) is 60.9 Å². The Hall–Kier alpha value is -5.15. The van der Waals surface area contributed by atoms with Gasteiger partial charge >= 0.3 is 5.97 Å². The summed E-state index contributed by atoms with van der Waals surface area (Å²) < 4.78 is 2.22. The van der Waals surface area contributed by atoms with Gasteiger partial charge in [-0.25, -0.2) is 4.79 Å². The molecule has 3 heteroatoms. The first kappa shape index (κ1) is 23.3. The van der Waals surface area contributed by atoms with Crippen molar-refractivity contribution in [2.24, 2.45) is 0 Å². The molecule has 0 saturated heterocycles. The summed E-state index contributed by atoms with van der Waals surface area (Å²) in [5.74, 6) is -0.936. The third kappa shape index (κ3) is 4.00. The number of rotatable bonds is 6. The van der Waals surface area contributed by atoms with Crippen molar-refractivity contribution in [1.29, 1.82) is 0 Å². The summed E-state index contributed by atoms with van der Waals surface area (Å²) in [6.45, 7) is 7.71. The standard InChI is InChI=1S/C35H25NO2/c1-3-23-5-9-25(10-6-23)28-15-19-31-32-20-16-29(26-11-7-24(4-2)8-12-26)22-34(32)36(33(31)21-28)30-17-13-27(14-18-30)35(37)38/h3-22H,1-2H2,(H,37,38). The second kappa shape index (κ2) is 9.38. The number of hydrogen-bond donors (Lipinski definition) is 1. The van der Waals surface area contributed by atoms with Crippen LogP contribution >= 0.6 is 0 Å². The molecule has 38 heavy (non-hydrogen) atoms. The van der Waals surface area contributed by atoms with Crippen LogP contribution in [0.2, 0.25) is 0 Å². The number of carboxylic acid groups (broad SMARTS) is 1. The number of carboxylic acids is 1. The maximum absolute atomic E-state index is 11.5. The van der Waals surface area contributed by atoms with E-state index in [0.29, 0.717) is 0 Å². The van der Waals surface area contributed by atoms with E-state index in [4.69, 9.17) is 0 Å². The molecule has 5 aromatic carbocycles. The van der Waals surface area contributed by atoms with Crippen molar-refractivity contribution >= 4 is 39.9 Å². The molecule has 6 aromatic rings. The Morgan fingerprint density at radius 1 is 0.579 bits per heavy atom. The fraction of sp³-hybridized carbons (Fsp3) is 0. The van der Waals surface area contributed by atoms with Gasteiger partial charge in [0.05, 0.1) is 16.6 Å². The molecule has 0 atom stereocenters. The largest absolute Gasteiger partial charge is 0.478 e. The minimum Gasteiger partial charge on any atom is -0.478 e. The normalized spacial score (nSPS) is 11.1. The molecule has 1 heterocycles. The van der Waals surface area contributed by atoms with Crippen molar-refractivity contribution in [2.75, 3.05) is 0 Å². The fourth-order valence-corrected chi connectivity index (χ4v) is 5.03. The van der Waals surface area contributed by atoms with Crippen LogP contribution in [0, 0.1) is 0 Å². The van der Waals surface area contributed by atoms with Crippen molar-refractivity contribution in [3.8, 4) is 27.9 Å². The van der Waals surface area contributed by atoms with Crippen LogP contribution in [0.1, 0.15) is 21.5 Å². The van der Waals surface area contributed by atoms with Crippen LogP contribution in [0.3, 0.4) is 0 Å². The first-order valence-electron chi connectivity index (χ1n) is 12.4. The van der Waals surface area contributed by atoms with Crippen molar-refractivity contribution in [3.05, 3.63) is 139 Å². The molecule has 0 aliphatic heterocycles. The van der Waals surface area contributed by atoms with Gasteiger partial charge in [0.2, 0.25) is 0 Å². The van der Waals surface area contributed by atoms with Crippen LogP contribution in [0.25, 0.3) is 61.9 Å². The summed E-state index contributed by atoms with van der Waals surface area (Å²) in [7, 11) is 0. The van der Waals surface area contributed by atoms with Gasteiger partial charge in [-0.15, -0.1) is 0 Å². The van der Waals surface area contributed by atoms with E-state index in [1.165, 1.54) is 0 Å². The average molecular weight is 492 g/mol. The molecule has 3 nitrogen and oxygen atoms in total. The number of aromatic carboxylic acids is 1. The van der Waals surface area contributed by atoms with Gasteiger partial charge in [0.1, 0.15) is 0 Å². The van der Waals surface area contributed by atoms with E-state index < -0.39 is 5.97 Å². The van der Waals surface area contributed by atoms with Crippen molar-refractivity contribution in [3.63, 3.8) is 0 Å². The van der Waals surface area contributed by atoms with Gasteiger partial charge in [-0.1, -0.05) is 98.1 Å². The number of hydrogen-bond acceptors (Lipinski definition) is 1. The van der Waals surface area contributed by atoms with E-state index in [9.17, 15) is 9.90 Å². The molecule has 6 rings (SSSR count). The summed E-state index contributed by atoms with van der Waals surface area (Å²) in [6.07, 6.45) is 3.68. The van der Waals surface area contributed by atoms with Gasteiger partial charge < -0.3 is 9.67 Å². The molecule has 0 fully saturated rings. The highest BCUT2D eigenvalue weighted by atomic mass is 16.4. The third-order valence-corrected chi connectivity index (χ3v) is 7.10. The van der Waals surface area contributed by atoms with E-state index >= 15 is 0 Å². The highest BCUT2D eigenvalue weighted by molar-refractivity contribution is 6.11. The smallest absolute Gasteiger partial charge is 0.335 e. The number of carbonyl (C=O) groups is 1. The quantitative estimate of drug-likeness (QED) is 0.252. The summed E-state index contributed by atoms with van der Waals surface area (Å²) >= 11 is 0. The predicted octanol–water partition coefficient (Wildman–Crippen LogP) is 9.10. The highest BCUT2D eigenvalue weighted by Gasteiger charge is 2.15. The molecule has 0 spiro atoms. The first-order valence-corrected chi connectivity index (χ1v) is 12.4. The van der Waals surface area contributed by atoms with E-state index in [-0.39, 0.29) is 5.56 Å². The summed E-state index contributed by atoms with van der Waals surface area (Å²) in [4.78, 5) is 11.5. The monoisotopic (exact) mass is 491 g/mol. The van der Waals surface area contributed by atoms with Crippen LogP contribution in [-0.4, -0.2) is 15.6 Å². The molecule has 0 unspecified atom stereocenters. The van der Waals surface area contributed by atoms with Gasteiger partial charge in [0.15, 0.2) is 0 Å². The maximum atomic E-state index is 11.5. The number of nitrogens with zero attached hydrogens (tertiary/aromatic N) is 1. The second-order valence-electron chi connectivity index (χ2n) is 9.30. The van der Waals surface area contributed by atoms with Gasteiger partial charge in [-0.2, -0.15) is 0 Å². The Bertz CT molecular complexity index is 1730. The Kier molecular flexibility index (Phi) is 5.74.